The minimum atomic E-state index is 0.0975. The summed E-state index contributed by atoms with van der Waals surface area (Å²) in [5, 5.41) is 3.08. The number of imidazole rings is 1. The number of hydrogen-bond acceptors (Lipinski definition) is 3. The number of carbonyl (C=O) groups excluding carboxylic acids is 1. The zero-order valence-corrected chi connectivity index (χ0v) is 13.2. The highest BCUT2D eigenvalue weighted by atomic mass is 16.5. The van der Waals surface area contributed by atoms with E-state index in [1.165, 1.54) is 11.1 Å². The van der Waals surface area contributed by atoms with Gasteiger partial charge in [0, 0.05) is 32.1 Å². The van der Waals surface area contributed by atoms with Crippen LogP contribution >= 0.6 is 0 Å². The quantitative estimate of drug-likeness (QED) is 0.911. The Morgan fingerprint density at radius 1 is 1.36 bits per heavy atom. The second kappa shape index (κ2) is 6.48. The van der Waals surface area contributed by atoms with Crippen molar-refractivity contribution in [2.45, 2.75) is 45.6 Å². The van der Waals surface area contributed by atoms with E-state index in [0.29, 0.717) is 12.8 Å². The fourth-order valence-electron chi connectivity index (χ4n) is 2.86. The summed E-state index contributed by atoms with van der Waals surface area (Å²) in [4.78, 5) is 20.0. The van der Waals surface area contributed by atoms with Crippen LogP contribution in [-0.2, 0) is 16.0 Å². The summed E-state index contributed by atoms with van der Waals surface area (Å²) in [6, 6.07) is 4.41. The molecule has 3 rings (SSSR count). The maximum Gasteiger partial charge on any atom is 0.220 e. The number of nitrogens with zero attached hydrogens (tertiary/aromatic N) is 1. The van der Waals surface area contributed by atoms with Crippen LogP contribution < -0.4 is 5.32 Å². The predicted octanol–water partition coefficient (Wildman–Crippen LogP) is 2.41. The smallest absolute Gasteiger partial charge is 0.220 e. The summed E-state index contributed by atoms with van der Waals surface area (Å²) < 4.78 is 5.30. The molecule has 2 heterocycles. The first-order chi connectivity index (χ1) is 10.6. The van der Waals surface area contributed by atoms with Gasteiger partial charge in [0.05, 0.1) is 11.0 Å². The first kappa shape index (κ1) is 15.0. The van der Waals surface area contributed by atoms with Gasteiger partial charge in [-0.05, 0) is 43.9 Å². The minimum absolute atomic E-state index is 0.0975. The van der Waals surface area contributed by atoms with Crippen LogP contribution in [0.2, 0.25) is 0 Å². The maximum atomic E-state index is 12.0. The van der Waals surface area contributed by atoms with Crippen LogP contribution in [-0.4, -0.2) is 35.1 Å². The lowest BCUT2D eigenvalue weighted by Gasteiger charge is -2.22. The van der Waals surface area contributed by atoms with Crippen molar-refractivity contribution in [2.75, 3.05) is 13.2 Å². The molecule has 0 saturated carbocycles. The molecule has 0 aliphatic carbocycles. The highest BCUT2D eigenvalue weighted by molar-refractivity contribution is 5.80. The van der Waals surface area contributed by atoms with E-state index in [1.807, 2.05) is 0 Å². The molecule has 0 unspecified atom stereocenters. The van der Waals surface area contributed by atoms with Gasteiger partial charge in [-0.15, -0.1) is 0 Å². The van der Waals surface area contributed by atoms with Gasteiger partial charge in [0.2, 0.25) is 5.91 Å². The molecule has 1 aromatic heterocycles. The van der Waals surface area contributed by atoms with Crippen molar-refractivity contribution in [1.29, 1.82) is 0 Å². The van der Waals surface area contributed by atoms with Gasteiger partial charge in [0.1, 0.15) is 5.82 Å². The molecule has 1 amide bonds. The number of H-pyrrole nitrogens is 1. The summed E-state index contributed by atoms with van der Waals surface area (Å²) in [5.74, 6) is 0.978. The fourth-order valence-corrected chi connectivity index (χ4v) is 2.86. The van der Waals surface area contributed by atoms with Crippen LogP contribution in [0.4, 0.5) is 0 Å². The number of carbonyl (C=O) groups is 1. The summed E-state index contributed by atoms with van der Waals surface area (Å²) in [6.07, 6.45) is 2.93. The van der Waals surface area contributed by atoms with Crippen molar-refractivity contribution < 1.29 is 9.53 Å². The van der Waals surface area contributed by atoms with Crippen molar-refractivity contribution in [3.05, 3.63) is 29.1 Å². The van der Waals surface area contributed by atoms with Gasteiger partial charge < -0.3 is 15.0 Å². The molecule has 0 bridgehead atoms. The maximum absolute atomic E-state index is 12.0. The fraction of sp³-hybridized carbons (Fsp3) is 0.529. The number of amides is 1. The van der Waals surface area contributed by atoms with E-state index in [4.69, 9.17) is 4.74 Å². The Hall–Kier alpha value is -1.88. The summed E-state index contributed by atoms with van der Waals surface area (Å²) in [5.41, 5.74) is 4.50. The van der Waals surface area contributed by atoms with Crippen molar-refractivity contribution >= 4 is 16.9 Å². The van der Waals surface area contributed by atoms with Gasteiger partial charge in [-0.2, -0.15) is 0 Å². The van der Waals surface area contributed by atoms with E-state index in [9.17, 15) is 4.79 Å². The number of benzene rings is 1. The third kappa shape index (κ3) is 3.30. The standard InChI is InChI=1S/C17H23N3O2/c1-11-3-4-14-17(12(11)2)20-15(19-14)5-6-16(21)18-13-7-9-22-10-8-13/h3-4,13H,5-10H2,1-2H3,(H,18,21)(H,19,20). The summed E-state index contributed by atoms with van der Waals surface area (Å²) in [7, 11) is 0. The summed E-state index contributed by atoms with van der Waals surface area (Å²) >= 11 is 0. The summed E-state index contributed by atoms with van der Waals surface area (Å²) in [6.45, 7) is 5.66. The van der Waals surface area contributed by atoms with Crippen molar-refractivity contribution in [1.82, 2.24) is 15.3 Å². The van der Waals surface area contributed by atoms with E-state index in [-0.39, 0.29) is 11.9 Å². The Labute approximate surface area is 130 Å². The van der Waals surface area contributed by atoms with Crippen LogP contribution in [0.1, 0.15) is 36.2 Å². The topological polar surface area (TPSA) is 67.0 Å². The molecule has 1 aliphatic rings. The molecular weight excluding hydrogens is 278 g/mol. The highest BCUT2D eigenvalue weighted by Crippen LogP contribution is 2.19. The zero-order valence-electron chi connectivity index (χ0n) is 13.2. The Kier molecular flexibility index (Phi) is 4.43. The van der Waals surface area contributed by atoms with E-state index in [1.54, 1.807) is 0 Å². The van der Waals surface area contributed by atoms with Crippen LogP contribution in [0, 0.1) is 13.8 Å². The molecule has 2 N–H and O–H groups in total. The second-order valence-corrected chi connectivity index (χ2v) is 6.04. The zero-order chi connectivity index (χ0) is 15.5. The first-order valence-corrected chi connectivity index (χ1v) is 7.95. The number of hydrogen-bond donors (Lipinski definition) is 2. The molecule has 0 spiro atoms. The van der Waals surface area contributed by atoms with E-state index in [2.05, 4.69) is 41.3 Å². The number of fused-ring (bicyclic) bond motifs is 1. The number of rotatable bonds is 4. The Balaban J connectivity index is 1.59. The number of aryl methyl sites for hydroxylation is 3. The lowest BCUT2D eigenvalue weighted by atomic mass is 10.1. The number of nitrogens with one attached hydrogen (secondary N) is 2. The molecule has 2 aromatic rings. The van der Waals surface area contributed by atoms with Crippen LogP contribution in [0.5, 0.6) is 0 Å². The second-order valence-electron chi connectivity index (χ2n) is 6.04. The average Bonchev–Trinajstić information content (AvgIpc) is 2.94. The minimum Gasteiger partial charge on any atom is -0.381 e. The van der Waals surface area contributed by atoms with Crippen LogP contribution in [0.3, 0.4) is 0 Å². The van der Waals surface area contributed by atoms with Gasteiger partial charge in [-0.25, -0.2) is 4.98 Å². The van der Waals surface area contributed by atoms with Gasteiger partial charge in [-0.1, -0.05) is 6.07 Å². The van der Waals surface area contributed by atoms with Crippen molar-refractivity contribution in [3.63, 3.8) is 0 Å². The molecule has 118 valence electrons. The molecule has 22 heavy (non-hydrogen) atoms. The SMILES string of the molecule is Cc1ccc2[nH]c(CCC(=O)NC3CCOCC3)nc2c1C. The molecule has 0 radical (unpaired) electrons. The Morgan fingerprint density at radius 3 is 2.91 bits per heavy atom. The molecule has 0 atom stereocenters. The van der Waals surface area contributed by atoms with E-state index < -0.39 is 0 Å². The number of aromatic amines is 1. The molecule has 1 aromatic carbocycles. The lowest BCUT2D eigenvalue weighted by molar-refractivity contribution is -0.122. The van der Waals surface area contributed by atoms with Crippen LogP contribution in [0.15, 0.2) is 12.1 Å². The molecule has 1 fully saturated rings. The van der Waals surface area contributed by atoms with Gasteiger partial charge in [0.25, 0.3) is 0 Å². The Morgan fingerprint density at radius 2 is 2.14 bits per heavy atom. The largest absolute Gasteiger partial charge is 0.381 e. The molecule has 1 aliphatic heterocycles. The normalized spacial score (nSPS) is 16.1. The van der Waals surface area contributed by atoms with Gasteiger partial charge >= 0.3 is 0 Å². The monoisotopic (exact) mass is 301 g/mol. The first-order valence-electron chi connectivity index (χ1n) is 7.95. The van der Waals surface area contributed by atoms with Crippen molar-refractivity contribution in [2.24, 2.45) is 0 Å². The lowest BCUT2D eigenvalue weighted by Crippen LogP contribution is -2.39. The molecular formula is C17H23N3O2. The van der Waals surface area contributed by atoms with Crippen LogP contribution in [0.25, 0.3) is 11.0 Å². The van der Waals surface area contributed by atoms with Crippen molar-refractivity contribution in [3.8, 4) is 0 Å². The predicted molar refractivity (Wildman–Crippen MR) is 85.9 cm³/mol. The molecule has 5 heteroatoms. The molecule has 1 saturated heterocycles. The highest BCUT2D eigenvalue weighted by Gasteiger charge is 2.16. The van der Waals surface area contributed by atoms with E-state index >= 15 is 0 Å². The Bertz CT molecular complexity index is 672. The number of ether oxygens (including phenoxy) is 1. The van der Waals surface area contributed by atoms with Gasteiger partial charge in [-0.3, -0.25) is 4.79 Å². The third-order valence-electron chi connectivity index (χ3n) is 4.40. The third-order valence-corrected chi connectivity index (χ3v) is 4.40. The van der Waals surface area contributed by atoms with Gasteiger partial charge in [0.15, 0.2) is 0 Å². The van der Waals surface area contributed by atoms with E-state index in [0.717, 1.165) is 42.9 Å². The average molecular weight is 301 g/mol. The number of aromatic nitrogens is 2. The molecule has 5 nitrogen and oxygen atoms in total.